The minimum absolute atomic E-state index is 0.216. The lowest BCUT2D eigenvalue weighted by molar-refractivity contribution is -0.139. The van der Waals surface area contributed by atoms with E-state index in [0.29, 0.717) is 38.8 Å². The third-order valence-corrected chi connectivity index (χ3v) is 6.82. The molecule has 0 aliphatic carbocycles. The minimum atomic E-state index is -0.883. The Labute approximate surface area is 255 Å². The zero-order valence-corrected chi connectivity index (χ0v) is 26.0. The van der Waals surface area contributed by atoms with Crippen LogP contribution in [0.5, 0.6) is 11.5 Å². The van der Waals surface area contributed by atoms with E-state index in [1.807, 2.05) is 43.3 Å². The lowest BCUT2D eigenvalue weighted by Crippen LogP contribution is -2.37. The Morgan fingerprint density at radius 3 is 2.35 bits per heavy atom. The van der Waals surface area contributed by atoms with E-state index >= 15 is 0 Å². The van der Waals surface area contributed by atoms with Gasteiger partial charge in [-0.25, -0.2) is 5.43 Å². The summed E-state index contributed by atoms with van der Waals surface area (Å²) in [5.41, 5.74) is 5.57. The average molecular weight is 721 g/mol. The Hall–Kier alpha value is -3.45. The van der Waals surface area contributed by atoms with Crippen molar-refractivity contribution in [3.8, 4) is 11.5 Å². The SMILES string of the molecule is CCOc1cc(/C=N\NC(=O)C(=O)NCc2ccc(C(C)C)cc2)cc(I)c1OCC(=O)Nc1ccc(Br)cc1. The zero-order chi connectivity index (χ0) is 29.1. The van der Waals surface area contributed by atoms with Gasteiger partial charge in [-0.2, -0.15) is 5.10 Å². The first-order valence-corrected chi connectivity index (χ1v) is 14.4. The van der Waals surface area contributed by atoms with Gasteiger partial charge in [-0.1, -0.05) is 54.0 Å². The maximum Gasteiger partial charge on any atom is 0.329 e. The van der Waals surface area contributed by atoms with Crippen LogP contribution in [0.2, 0.25) is 0 Å². The Morgan fingerprint density at radius 1 is 1.00 bits per heavy atom. The van der Waals surface area contributed by atoms with Crippen molar-refractivity contribution in [1.82, 2.24) is 10.7 Å². The summed E-state index contributed by atoms with van der Waals surface area (Å²) >= 11 is 5.43. The fraction of sp³-hybridized carbons (Fsp3) is 0.241. The maximum atomic E-state index is 12.4. The molecular formula is C29H30BrIN4O5. The molecule has 0 atom stereocenters. The van der Waals surface area contributed by atoms with E-state index < -0.39 is 11.8 Å². The standard InChI is InChI=1S/C29H30BrIN4O5/c1-4-39-25-14-20(13-24(31)27(25)40-17-26(36)34-23-11-9-22(30)10-12-23)16-33-35-29(38)28(37)32-15-19-5-7-21(8-6-19)18(2)3/h5-14,16,18H,4,15,17H2,1-3H3,(H,32,37)(H,34,36)(H,35,38)/b33-16-. The molecule has 3 aromatic rings. The number of halogens is 2. The predicted molar refractivity (Wildman–Crippen MR) is 167 cm³/mol. The van der Waals surface area contributed by atoms with E-state index in [9.17, 15) is 14.4 Å². The largest absolute Gasteiger partial charge is 0.490 e. The summed E-state index contributed by atoms with van der Waals surface area (Å²) in [6.45, 7) is 6.43. The fourth-order valence-electron chi connectivity index (χ4n) is 3.43. The number of benzene rings is 3. The van der Waals surface area contributed by atoms with Gasteiger partial charge in [0.2, 0.25) is 0 Å². The first kappa shape index (κ1) is 31.1. The van der Waals surface area contributed by atoms with Gasteiger partial charge in [0.05, 0.1) is 16.4 Å². The quantitative estimate of drug-likeness (QED) is 0.107. The Morgan fingerprint density at radius 2 is 1.70 bits per heavy atom. The number of ether oxygens (including phenoxy) is 2. The second kappa shape index (κ2) is 15.4. The van der Waals surface area contributed by atoms with E-state index in [-0.39, 0.29) is 19.1 Å². The highest BCUT2D eigenvalue weighted by atomic mass is 127. The van der Waals surface area contributed by atoms with E-state index in [4.69, 9.17) is 9.47 Å². The maximum absolute atomic E-state index is 12.4. The number of carbonyl (C=O) groups is 3. The molecule has 3 N–H and O–H groups in total. The van der Waals surface area contributed by atoms with Crippen molar-refractivity contribution in [3.63, 3.8) is 0 Å². The van der Waals surface area contributed by atoms with Crippen molar-refractivity contribution in [1.29, 1.82) is 0 Å². The van der Waals surface area contributed by atoms with Crippen LogP contribution >= 0.6 is 38.5 Å². The lowest BCUT2D eigenvalue weighted by atomic mass is 10.0. The summed E-state index contributed by atoms with van der Waals surface area (Å²) in [7, 11) is 0. The Kier molecular flexibility index (Phi) is 11.9. The molecule has 3 rings (SSSR count). The normalized spacial score (nSPS) is 10.8. The first-order chi connectivity index (χ1) is 19.2. The average Bonchev–Trinajstić information content (AvgIpc) is 2.92. The zero-order valence-electron chi connectivity index (χ0n) is 22.3. The number of nitrogens with zero attached hydrogens (tertiary/aromatic N) is 1. The predicted octanol–water partition coefficient (Wildman–Crippen LogP) is 5.36. The Bertz CT molecular complexity index is 1360. The number of nitrogens with one attached hydrogen (secondary N) is 3. The number of anilines is 1. The highest BCUT2D eigenvalue weighted by Gasteiger charge is 2.15. The summed E-state index contributed by atoms with van der Waals surface area (Å²) in [5.74, 6) is -0.750. The van der Waals surface area contributed by atoms with E-state index in [2.05, 4.69) is 73.5 Å². The summed E-state index contributed by atoms with van der Waals surface area (Å²) < 4.78 is 13.1. The molecule has 0 fully saturated rings. The number of hydrazone groups is 1. The topological polar surface area (TPSA) is 118 Å². The minimum Gasteiger partial charge on any atom is -0.490 e. The second-order valence-electron chi connectivity index (χ2n) is 8.88. The van der Waals surface area contributed by atoms with Gasteiger partial charge in [-0.3, -0.25) is 14.4 Å². The van der Waals surface area contributed by atoms with Crippen LogP contribution in [0.25, 0.3) is 0 Å². The van der Waals surface area contributed by atoms with Crippen LogP contribution in [-0.2, 0) is 20.9 Å². The molecule has 0 bridgehead atoms. The van der Waals surface area contributed by atoms with Crippen LogP contribution in [0.3, 0.4) is 0 Å². The highest BCUT2D eigenvalue weighted by Crippen LogP contribution is 2.34. The van der Waals surface area contributed by atoms with Crippen molar-refractivity contribution in [2.45, 2.75) is 33.2 Å². The smallest absolute Gasteiger partial charge is 0.329 e. The van der Waals surface area contributed by atoms with Gasteiger partial charge < -0.3 is 20.1 Å². The lowest BCUT2D eigenvalue weighted by Gasteiger charge is -2.14. The van der Waals surface area contributed by atoms with Crippen LogP contribution in [-0.4, -0.2) is 37.1 Å². The van der Waals surface area contributed by atoms with Gasteiger partial charge >= 0.3 is 11.8 Å². The van der Waals surface area contributed by atoms with Crippen LogP contribution in [0.1, 0.15) is 43.4 Å². The molecule has 11 heteroatoms. The van der Waals surface area contributed by atoms with Crippen LogP contribution in [0, 0.1) is 3.57 Å². The number of amides is 3. The van der Waals surface area contributed by atoms with Crippen molar-refractivity contribution in [2.75, 3.05) is 18.5 Å². The molecule has 3 amide bonds. The van der Waals surface area contributed by atoms with Gasteiger partial charge in [0.1, 0.15) is 0 Å². The summed E-state index contributed by atoms with van der Waals surface area (Å²) in [4.78, 5) is 36.7. The molecule has 0 saturated carbocycles. The molecule has 0 aromatic heterocycles. The highest BCUT2D eigenvalue weighted by molar-refractivity contribution is 14.1. The second-order valence-corrected chi connectivity index (χ2v) is 11.0. The molecule has 0 saturated heterocycles. The number of rotatable bonds is 11. The van der Waals surface area contributed by atoms with Crippen molar-refractivity contribution >= 4 is 68.1 Å². The van der Waals surface area contributed by atoms with Crippen LogP contribution in [0.4, 0.5) is 5.69 Å². The molecular weight excluding hydrogens is 691 g/mol. The van der Waals surface area contributed by atoms with E-state index in [1.165, 1.54) is 11.8 Å². The molecule has 40 heavy (non-hydrogen) atoms. The molecule has 210 valence electrons. The van der Waals surface area contributed by atoms with Crippen molar-refractivity contribution < 1.29 is 23.9 Å². The third kappa shape index (κ3) is 9.63. The number of hydrogen-bond donors (Lipinski definition) is 3. The van der Waals surface area contributed by atoms with Crippen LogP contribution in [0.15, 0.2) is 70.2 Å². The first-order valence-electron chi connectivity index (χ1n) is 12.5. The molecule has 3 aromatic carbocycles. The molecule has 0 aliphatic heterocycles. The molecule has 0 spiro atoms. The summed E-state index contributed by atoms with van der Waals surface area (Å²) in [6, 6.07) is 18.5. The molecule has 0 radical (unpaired) electrons. The van der Waals surface area contributed by atoms with Gasteiger partial charge in [-0.15, -0.1) is 0 Å². The van der Waals surface area contributed by atoms with E-state index in [1.54, 1.807) is 24.3 Å². The molecule has 9 nitrogen and oxygen atoms in total. The number of carbonyl (C=O) groups excluding carboxylic acids is 3. The summed E-state index contributed by atoms with van der Waals surface area (Å²) in [6.07, 6.45) is 1.39. The van der Waals surface area contributed by atoms with Gasteiger partial charge in [0, 0.05) is 16.7 Å². The van der Waals surface area contributed by atoms with Crippen molar-refractivity contribution in [3.05, 3.63) is 85.4 Å². The molecule has 0 heterocycles. The summed E-state index contributed by atoms with van der Waals surface area (Å²) in [5, 5.41) is 9.25. The van der Waals surface area contributed by atoms with Crippen LogP contribution < -0.4 is 25.5 Å². The van der Waals surface area contributed by atoms with Gasteiger partial charge in [0.25, 0.3) is 5.91 Å². The van der Waals surface area contributed by atoms with Crippen molar-refractivity contribution in [2.24, 2.45) is 5.10 Å². The molecule has 0 unspecified atom stereocenters. The Balaban J connectivity index is 1.55. The monoisotopic (exact) mass is 720 g/mol. The van der Waals surface area contributed by atoms with E-state index in [0.717, 1.165) is 10.0 Å². The third-order valence-electron chi connectivity index (χ3n) is 5.49. The molecule has 0 aliphatic rings. The fourth-order valence-corrected chi connectivity index (χ4v) is 4.48. The van der Waals surface area contributed by atoms with Gasteiger partial charge in [-0.05, 0) is 88.5 Å². The number of hydrogen-bond acceptors (Lipinski definition) is 6. The van der Waals surface area contributed by atoms with Gasteiger partial charge in [0.15, 0.2) is 18.1 Å².